The first-order chi connectivity index (χ1) is 11.2. The van der Waals surface area contributed by atoms with Crippen LogP contribution in [0.5, 0.6) is 11.5 Å². The minimum atomic E-state index is -0.335. The van der Waals surface area contributed by atoms with Crippen LogP contribution in [-0.2, 0) is 0 Å². The molecule has 0 unspecified atom stereocenters. The summed E-state index contributed by atoms with van der Waals surface area (Å²) in [5.41, 5.74) is 0.813. The Morgan fingerprint density at radius 2 is 1.78 bits per heavy atom. The third kappa shape index (κ3) is 1.94. The predicted molar refractivity (Wildman–Crippen MR) is 86.6 cm³/mol. The number of pyridine rings is 1. The minimum Gasteiger partial charge on any atom is -0.504 e. The molecule has 2 N–H and O–H groups in total. The molecule has 0 aliphatic carbocycles. The third-order valence-corrected chi connectivity index (χ3v) is 3.82. The van der Waals surface area contributed by atoms with Gasteiger partial charge in [0.15, 0.2) is 11.5 Å². The summed E-state index contributed by atoms with van der Waals surface area (Å²) in [5.74, 6) is -0.619. The fourth-order valence-electron chi connectivity index (χ4n) is 2.70. The van der Waals surface area contributed by atoms with Gasteiger partial charge in [0.05, 0.1) is 16.6 Å². The van der Waals surface area contributed by atoms with Crippen molar-refractivity contribution in [1.29, 1.82) is 0 Å². The lowest BCUT2D eigenvalue weighted by molar-refractivity contribution is 0.408. The molecular formula is C18H11NO4. The summed E-state index contributed by atoms with van der Waals surface area (Å²) in [7, 11) is 0. The van der Waals surface area contributed by atoms with E-state index in [9.17, 15) is 15.0 Å². The fraction of sp³-hybridized carbons (Fsp3) is 0. The molecule has 0 fully saturated rings. The van der Waals surface area contributed by atoms with Gasteiger partial charge in [0.2, 0.25) is 5.43 Å². The van der Waals surface area contributed by atoms with Crippen molar-refractivity contribution in [3.63, 3.8) is 0 Å². The minimum absolute atomic E-state index is 0.221. The summed E-state index contributed by atoms with van der Waals surface area (Å²) in [4.78, 5) is 17.1. The van der Waals surface area contributed by atoms with Crippen molar-refractivity contribution >= 4 is 21.7 Å². The molecule has 4 aromatic rings. The Hall–Kier alpha value is -3.34. The molecule has 0 amide bonds. The molecule has 0 aliphatic heterocycles. The Kier molecular flexibility index (Phi) is 2.81. The Morgan fingerprint density at radius 1 is 0.957 bits per heavy atom. The third-order valence-electron chi connectivity index (χ3n) is 3.82. The number of fused-ring (bicyclic) bond motifs is 3. The van der Waals surface area contributed by atoms with Gasteiger partial charge in [0.25, 0.3) is 0 Å². The van der Waals surface area contributed by atoms with Gasteiger partial charge in [-0.1, -0.05) is 18.2 Å². The summed E-state index contributed by atoms with van der Waals surface area (Å²) < 4.78 is 5.55. The van der Waals surface area contributed by atoms with Gasteiger partial charge < -0.3 is 14.6 Å². The molecular weight excluding hydrogens is 294 g/mol. The first kappa shape index (κ1) is 13.3. The Balaban J connectivity index is 2.20. The van der Waals surface area contributed by atoms with Gasteiger partial charge in [-0.05, 0) is 29.7 Å². The topological polar surface area (TPSA) is 83.6 Å². The normalized spacial score (nSPS) is 11.1. The molecule has 0 saturated heterocycles. The molecule has 2 aromatic heterocycles. The van der Waals surface area contributed by atoms with Crippen LogP contribution in [0.4, 0.5) is 0 Å². The molecule has 0 radical (unpaired) electrons. The number of phenolic OH excluding ortho intramolecular Hbond substituents is 2. The zero-order valence-corrected chi connectivity index (χ0v) is 11.9. The largest absolute Gasteiger partial charge is 0.504 e. The Morgan fingerprint density at radius 3 is 2.57 bits per heavy atom. The van der Waals surface area contributed by atoms with E-state index in [-0.39, 0.29) is 27.7 Å². The molecule has 0 aliphatic rings. The van der Waals surface area contributed by atoms with E-state index < -0.39 is 0 Å². The second kappa shape index (κ2) is 4.84. The summed E-state index contributed by atoms with van der Waals surface area (Å²) >= 11 is 0. The zero-order chi connectivity index (χ0) is 16.0. The summed E-state index contributed by atoms with van der Waals surface area (Å²) in [6.07, 6.45) is 2.95. The van der Waals surface area contributed by atoms with Crippen LogP contribution in [0, 0.1) is 0 Å². The van der Waals surface area contributed by atoms with Gasteiger partial charge in [0.1, 0.15) is 11.8 Å². The van der Waals surface area contributed by atoms with Crippen LogP contribution in [0.2, 0.25) is 0 Å². The van der Waals surface area contributed by atoms with Crippen LogP contribution in [-0.4, -0.2) is 15.2 Å². The van der Waals surface area contributed by atoms with Crippen molar-refractivity contribution in [1.82, 2.24) is 4.98 Å². The summed E-state index contributed by atoms with van der Waals surface area (Å²) in [5, 5.41) is 21.1. The lowest BCUT2D eigenvalue weighted by Gasteiger charge is -2.07. The zero-order valence-electron chi connectivity index (χ0n) is 11.9. The molecule has 2 aromatic carbocycles. The highest BCUT2D eigenvalue weighted by molar-refractivity contribution is 6.10. The van der Waals surface area contributed by atoms with Crippen LogP contribution in [0.3, 0.4) is 0 Å². The summed E-state index contributed by atoms with van der Waals surface area (Å²) in [6, 6.07) is 11.6. The summed E-state index contributed by atoms with van der Waals surface area (Å²) in [6.45, 7) is 0. The van der Waals surface area contributed by atoms with E-state index in [0.717, 1.165) is 0 Å². The van der Waals surface area contributed by atoms with Gasteiger partial charge in [-0.2, -0.15) is 0 Å². The number of nitrogens with zero attached hydrogens (tertiary/aromatic N) is 1. The van der Waals surface area contributed by atoms with Crippen LogP contribution >= 0.6 is 0 Å². The number of hydrogen-bond donors (Lipinski definition) is 2. The van der Waals surface area contributed by atoms with Crippen molar-refractivity contribution in [2.45, 2.75) is 0 Å². The van der Waals surface area contributed by atoms with Crippen LogP contribution in [0.1, 0.15) is 0 Å². The lowest BCUT2D eigenvalue weighted by Crippen LogP contribution is -2.06. The number of rotatable bonds is 1. The highest BCUT2D eigenvalue weighted by Gasteiger charge is 2.16. The molecule has 5 heteroatoms. The van der Waals surface area contributed by atoms with Crippen molar-refractivity contribution in [2.24, 2.45) is 0 Å². The van der Waals surface area contributed by atoms with E-state index in [1.807, 2.05) is 0 Å². The van der Waals surface area contributed by atoms with Crippen molar-refractivity contribution < 1.29 is 14.6 Å². The van der Waals surface area contributed by atoms with Crippen LogP contribution in [0.15, 0.2) is 64.1 Å². The van der Waals surface area contributed by atoms with E-state index in [4.69, 9.17) is 4.42 Å². The van der Waals surface area contributed by atoms with E-state index in [2.05, 4.69) is 4.98 Å². The Labute approximate surface area is 130 Å². The number of aromatic nitrogens is 1. The fourth-order valence-corrected chi connectivity index (χ4v) is 2.70. The number of hydrogen-bond acceptors (Lipinski definition) is 5. The molecule has 112 valence electrons. The van der Waals surface area contributed by atoms with Crippen molar-refractivity contribution in [2.75, 3.05) is 0 Å². The second-order valence-electron chi connectivity index (χ2n) is 5.16. The van der Waals surface area contributed by atoms with Crippen molar-refractivity contribution in [3.05, 3.63) is 65.1 Å². The predicted octanol–water partition coefficient (Wildman–Crippen LogP) is 3.42. The van der Waals surface area contributed by atoms with Gasteiger partial charge in [0, 0.05) is 11.6 Å². The number of phenols is 2. The SMILES string of the molecule is O=c1c(-c2ccccn2)coc2ccc3ccc(O)c(O)c3c12. The van der Waals surface area contributed by atoms with Gasteiger partial charge in [-0.25, -0.2) is 0 Å². The molecule has 0 spiro atoms. The molecule has 0 saturated carbocycles. The maximum Gasteiger partial charge on any atom is 0.202 e. The van der Waals surface area contributed by atoms with Crippen LogP contribution in [0.25, 0.3) is 33.0 Å². The number of aromatic hydroxyl groups is 2. The maximum absolute atomic E-state index is 12.9. The van der Waals surface area contributed by atoms with E-state index in [0.29, 0.717) is 22.2 Å². The highest BCUT2D eigenvalue weighted by Crippen LogP contribution is 2.37. The average Bonchev–Trinajstić information content (AvgIpc) is 2.59. The van der Waals surface area contributed by atoms with Crippen LogP contribution < -0.4 is 5.43 Å². The quantitative estimate of drug-likeness (QED) is 0.416. The second-order valence-corrected chi connectivity index (χ2v) is 5.16. The number of benzene rings is 2. The van der Waals surface area contributed by atoms with E-state index >= 15 is 0 Å². The lowest BCUT2D eigenvalue weighted by atomic mass is 10.0. The van der Waals surface area contributed by atoms with Gasteiger partial charge in [-0.15, -0.1) is 0 Å². The van der Waals surface area contributed by atoms with E-state index in [1.54, 1.807) is 42.6 Å². The monoisotopic (exact) mass is 305 g/mol. The Bertz CT molecular complexity index is 1100. The first-order valence-electron chi connectivity index (χ1n) is 6.97. The van der Waals surface area contributed by atoms with Gasteiger partial charge in [-0.3, -0.25) is 9.78 Å². The molecule has 0 bridgehead atoms. The maximum atomic E-state index is 12.9. The molecule has 23 heavy (non-hydrogen) atoms. The molecule has 2 heterocycles. The molecule has 5 nitrogen and oxygen atoms in total. The van der Waals surface area contributed by atoms with Crippen molar-refractivity contribution in [3.8, 4) is 22.8 Å². The molecule has 4 rings (SSSR count). The standard InChI is InChI=1S/C18H11NO4/c20-13-6-4-10-5-7-14-16(15(10)18(13)22)17(21)11(9-23-14)12-3-1-2-8-19-12/h1-9,20,22H. The van der Waals surface area contributed by atoms with Gasteiger partial charge >= 0.3 is 0 Å². The highest BCUT2D eigenvalue weighted by atomic mass is 16.3. The van der Waals surface area contributed by atoms with E-state index in [1.165, 1.54) is 12.3 Å². The molecule has 0 atom stereocenters. The first-order valence-corrected chi connectivity index (χ1v) is 6.97. The smallest absolute Gasteiger partial charge is 0.202 e. The average molecular weight is 305 g/mol.